The lowest BCUT2D eigenvalue weighted by Crippen LogP contribution is -2.50. The van der Waals surface area contributed by atoms with E-state index in [2.05, 4.69) is 9.98 Å². The molecular weight excluding hydrogens is 430 g/mol. The number of halogens is 1. The predicted octanol–water partition coefficient (Wildman–Crippen LogP) is 4.09. The molecule has 3 heterocycles. The summed E-state index contributed by atoms with van der Waals surface area (Å²) in [7, 11) is -1.75. The number of H-pyrrole nitrogens is 1. The summed E-state index contributed by atoms with van der Waals surface area (Å²) in [6, 6.07) is 9.72. The maximum absolute atomic E-state index is 12.9. The zero-order valence-electron chi connectivity index (χ0n) is 16.0. The number of para-hydroxylation sites is 1. The highest BCUT2D eigenvalue weighted by Crippen LogP contribution is 2.52. The summed E-state index contributed by atoms with van der Waals surface area (Å²) in [5, 5.41) is 1.52. The van der Waals surface area contributed by atoms with Gasteiger partial charge in [-0.15, -0.1) is 11.3 Å². The number of benzene rings is 1. The van der Waals surface area contributed by atoms with Crippen molar-refractivity contribution < 1.29 is 13.2 Å². The van der Waals surface area contributed by atoms with Crippen LogP contribution in [0, 0.1) is 0 Å². The Labute approximate surface area is 177 Å². The normalized spacial score (nSPS) is 24.6. The van der Waals surface area contributed by atoms with Crippen molar-refractivity contribution in [1.82, 2.24) is 4.98 Å². The molecule has 29 heavy (non-hydrogen) atoms. The van der Waals surface area contributed by atoms with Crippen molar-refractivity contribution in [3.63, 3.8) is 0 Å². The summed E-state index contributed by atoms with van der Waals surface area (Å²) in [5.41, 5.74) is 6.93. The number of fused-ring (bicyclic) bond motifs is 1. The molecule has 152 valence electrons. The summed E-state index contributed by atoms with van der Waals surface area (Å²) in [5.74, 6) is 0.891. The smallest absolute Gasteiger partial charge is 0.165 e. The van der Waals surface area contributed by atoms with Crippen LogP contribution in [0.3, 0.4) is 0 Å². The number of sulfone groups is 1. The summed E-state index contributed by atoms with van der Waals surface area (Å²) in [6.45, 7) is 1.79. The van der Waals surface area contributed by atoms with Gasteiger partial charge >= 0.3 is 0 Å². The molecule has 0 amide bonds. The third kappa shape index (κ3) is 2.65. The van der Waals surface area contributed by atoms with Gasteiger partial charge in [-0.3, -0.25) is 4.99 Å². The van der Waals surface area contributed by atoms with Gasteiger partial charge in [-0.1, -0.05) is 23.7 Å². The second kappa shape index (κ2) is 6.00. The Morgan fingerprint density at radius 3 is 2.72 bits per heavy atom. The quantitative estimate of drug-likeness (QED) is 0.629. The maximum atomic E-state index is 12.9. The molecule has 1 aromatic carbocycles. The predicted molar refractivity (Wildman–Crippen MR) is 118 cm³/mol. The molecule has 1 aliphatic carbocycles. The number of nitrogens with two attached hydrogens (primary N) is 1. The molecule has 0 saturated heterocycles. The number of hydrogen-bond acceptors (Lipinski definition) is 6. The first-order valence-electron chi connectivity index (χ1n) is 9.23. The molecule has 5 rings (SSSR count). The highest BCUT2D eigenvalue weighted by atomic mass is 35.5. The lowest BCUT2D eigenvalue weighted by Gasteiger charge is -2.33. The van der Waals surface area contributed by atoms with Gasteiger partial charge in [-0.2, -0.15) is 0 Å². The monoisotopic (exact) mass is 449 g/mol. The third-order valence-electron chi connectivity index (χ3n) is 5.88. The van der Waals surface area contributed by atoms with Gasteiger partial charge in [0.1, 0.15) is 21.9 Å². The Hall–Kier alpha value is -2.03. The highest BCUT2D eigenvalue weighted by molar-refractivity contribution is 7.94. The first kappa shape index (κ1) is 19.0. The van der Waals surface area contributed by atoms with E-state index in [0.29, 0.717) is 22.7 Å². The van der Waals surface area contributed by atoms with Crippen molar-refractivity contribution in [3.8, 4) is 16.3 Å². The number of aromatic amines is 1. The molecule has 0 radical (unpaired) electrons. The van der Waals surface area contributed by atoms with Gasteiger partial charge in [0, 0.05) is 5.39 Å². The SMILES string of the molecule is COc1cccc2cc(-c3cc(Cl)c(C4(C)CS(=O)(=O)C5(CC5)C(N)=N4)s3)[nH]c12. The molecule has 1 spiro atoms. The molecule has 2 aromatic heterocycles. The van der Waals surface area contributed by atoms with Gasteiger partial charge in [0.15, 0.2) is 9.84 Å². The molecule has 1 saturated carbocycles. The van der Waals surface area contributed by atoms with Crippen molar-refractivity contribution in [2.24, 2.45) is 10.7 Å². The highest BCUT2D eigenvalue weighted by Gasteiger charge is 2.62. The molecular formula is C20H20ClN3O3S2. The largest absolute Gasteiger partial charge is 0.495 e. The fourth-order valence-electron chi connectivity index (χ4n) is 4.16. The van der Waals surface area contributed by atoms with E-state index in [1.54, 1.807) is 14.0 Å². The number of thiophene rings is 1. The Morgan fingerprint density at radius 2 is 2.07 bits per heavy atom. The van der Waals surface area contributed by atoms with Crippen molar-refractivity contribution in [2.45, 2.75) is 30.1 Å². The van der Waals surface area contributed by atoms with Crippen LogP contribution in [0.25, 0.3) is 21.5 Å². The van der Waals surface area contributed by atoms with Crippen molar-refractivity contribution in [2.75, 3.05) is 12.9 Å². The number of amidine groups is 1. The maximum Gasteiger partial charge on any atom is 0.165 e. The summed E-state index contributed by atoms with van der Waals surface area (Å²) >= 11 is 8.01. The van der Waals surface area contributed by atoms with Crippen LogP contribution in [0.5, 0.6) is 5.75 Å². The van der Waals surface area contributed by atoms with Crippen LogP contribution in [0.4, 0.5) is 0 Å². The Kier molecular flexibility index (Phi) is 3.92. The van der Waals surface area contributed by atoms with Crippen LogP contribution >= 0.6 is 22.9 Å². The van der Waals surface area contributed by atoms with E-state index in [1.807, 2.05) is 30.3 Å². The van der Waals surface area contributed by atoms with Gasteiger partial charge in [0.2, 0.25) is 0 Å². The minimum absolute atomic E-state index is 0.0824. The number of rotatable bonds is 3. The van der Waals surface area contributed by atoms with E-state index >= 15 is 0 Å². The molecule has 2 aliphatic rings. The van der Waals surface area contributed by atoms with Crippen molar-refractivity contribution in [3.05, 3.63) is 40.2 Å². The van der Waals surface area contributed by atoms with Crippen molar-refractivity contribution in [1.29, 1.82) is 0 Å². The summed E-state index contributed by atoms with van der Waals surface area (Å²) in [6.07, 6.45) is 1.11. The molecule has 3 aromatic rings. The van der Waals surface area contributed by atoms with Crippen LogP contribution in [0.15, 0.2) is 35.3 Å². The fraction of sp³-hybridized carbons (Fsp3) is 0.350. The topological polar surface area (TPSA) is 97.5 Å². The molecule has 1 aliphatic heterocycles. The molecule has 9 heteroatoms. The first-order chi connectivity index (χ1) is 13.7. The van der Waals surface area contributed by atoms with E-state index in [4.69, 9.17) is 22.1 Å². The van der Waals surface area contributed by atoms with Crippen LogP contribution in [0.1, 0.15) is 24.6 Å². The number of hydrogen-bond donors (Lipinski definition) is 2. The average Bonchev–Trinajstić information content (AvgIpc) is 3.21. The van der Waals surface area contributed by atoms with Crippen LogP contribution in [-0.4, -0.2) is 36.8 Å². The van der Waals surface area contributed by atoms with E-state index < -0.39 is 20.1 Å². The Morgan fingerprint density at radius 1 is 1.31 bits per heavy atom. The standard InChI is InChI=1S/C20H20ClN3O3S2/c1-19(10-29(25,26)20(6-7-20)18(22)24-19)17-12(21)9-15(28-17)13-8-11-4-3-5-14(27-2)16(11)23-13/h3-5,8-9,23H,6-7,10H2,1-2H3,(H2,22,24). The minimum atomic E-state index is -3.39. The molecule has 6 nitrogen and oxygen atoms in total. The van der Waals surface area contributed by atoms with E-state index in [-0.39, 0.29) is 11.6 Å². The van der Waals surface area contributed by atoms with E-state index in [0.717, 1.165) is 27.2 Å². The van der Waals surface area contributed by atoms with Gasteiger partial charge in [0.05, 0.1) is 38.9 Å². The first-order valence-corrected chi connectivity index (χ1v) is 12.1. The number of methoxy groups -OCH3 is 1. The second-order valence-corrected chi connectivity index (χ2v) is 11.7. The van der Waals surface area contributed by atoms with Crippen LogP contribution < -0.4 is 10.5 Å². The second-order valence-electron chi connectivity index (χ2n) is 7.92. The number of nitrogens with zero attached hydrogens (tertiary/aromatic N) is 1. The number of aliphatic imine (C=N–C) groups is 1. The molecule has 0 bridgehead atoms. The summed E-state index contributed by atoms with van der Waals surface area (Å²) < 4.78 is 30.3. The van der Waals surface area contributed by atoms with Crippen LogP contribution in [-0.2, 0) is 15.4 Å². The molecule has 1 atom stereocenters. The Balaban J connectivity index is 1.61. The number of ether oxygens (including phenoxy) is 1. The summed E-state index contributed by atoms with van der Waals surface area (Å²) in [4.78, 5) is 9.64. The molecule has 1 fully saturated rings. The average molecular weight is 450 g/mol. The molecule has 3 N–H and O–H groups in total. The zero-order valence-corrected chi connectivity index (χ0v) is 18.3. The fourth-order valence-corrected chi connectivity index (χ4v) is 8.17. The number of nitrogens with one attached hydrogen (secondary N) is 1. The van der Waals surface area contributed by atoms with Crippen LogP contribution in [0.2, 0.25) is 5.02 Å². The van der Waals surface area contributed by atoms with Gasteiger partial charge in [-0.25, -0.2) is 8.42 Å². The molecule has 1 unspecified atom stereocenters. The lowest BCUT2D eigenvalue weighted by atomic mass is 10.0. The van der Waals surface area contributed by atoms with Gasteiger partial charge < -0.3 is 15.5 Å². The minimum Gasteiger partial charge on any atom is -0.495 e. The van der Waals surface area contributed by atoms with Crippen molar-refractivity contribution >= 4 is 49.5 Å². The number of aromatic nitrogens is 1. The van der Waals surface area contributed by atoms with Gasteiger partial charge in [0.25, 0.3) is 0 Å². The van der Waals surface area contributed by atoms with E-state index in [9.17, 15) is 8.42 Å². The third-order valence-corrected chi connectivity index (χ3v) is 10.5. The lowest BCUT2D eigenvalue weighted by molar-refractivity contribution is 0.419. The zero-order chi connectivity index (χ0) is 20.6. The van der Waals surface area contributed by atoms with E-state index in [1.165, 1.54) is 11.3 Å². The van der Waals surface area contributed by atoms with Gasteiger partial charge in [-0.05, 0) is 38.0 Å². The Bertz CT molecular complexity index is 1290.